The average Bonchev–Trinajstić information content (AvgIpc) is 1.96. The zero-order valence-electron chi connectivity index (χ0n) is 7.02. The van der Waals surface area contributed by atoms with Gasteiger partial charge in [-0.15, -0.1) is 13.2 Å². The Bertz CT molecular complexity index is 354. The van der Waals surface area contributed by atoms with E-state index in [1.54, 1.807) is 29.5 Å². The summed E-state index contributed by atoms with van der Waals surface area (Å²) in [6.45, 7) is 1.56. The van der Waals surface area contributed by atoms with Crippen LogP contribution in [0.2, 0.25) is 0 Å². The molecule has 1 aromatic heterocycles. The predicted octanol–water partition coefficient (Wildman–Crippen LogP) is 2.48. The van der Waals surface area contributed by atoms with E-state index in [-0.39, 0.29) is 11.6 Å². The fraction of sp³-hybridized carbons (Fsp3) is 0.286. The number of anilines is 1. The van der Waals surface area contributed by atoms with E-state index < -0.39 is 6.36 Å². The molecule has 0 unspecified atom stereocenters. The Kier molecular flexibility index (Phi) is 3.07. The van der Waals surface area contributed by atoms with E-state index >= 15 is 0 Å². The Balaban J connectivity index is 3.09. The van der Waals surface area contributed by atoms with Crippen LogP contribution in [0.25, 0.3) is 0 Å². The molecule has 0 aliphatic rings. The van der Waals surface area contributed by atoms with Gasteiger partial charge in [-0.25, -0.2) is 4.98 Å². The topological polar surface area (TPSA) is 48.1 Å². The smallest absolute Gasteiger partial charge is 0.404 e. The molecule has 1 heterocycles. The van der Waals surface area contributed by atoms with Crippen molar-refractivity contribution in [2.45, 2.75) is 13.3 Å². The highest BCUT2D eigenvalue weighted by Gasteiger charge is 2.32. The van der Waals surface area contributed by atoms with Crippen molar-refractivity contribution in [2.24, 2.45) is 0 Å². The molecule has 0 fully saturated rings. The zero-order valence-corrected chi connectivity index (χ0v) is 9.18. The fourth-order valence-corrected chi connectivity index (χ4v) is 1.24. The molecule has 0 aliphatic carbocycles. The highest BCUT2D eigenvalue weighted by atomic mass is 127. The first-order chi connectivity index (χ1) is 6.29. The number of halogens is 4. The van der Waals surface area contributed by atoms with Crippen LogP contribution in [0.1, 0.15) is 5.69 Å². The summed E-state index contributed by atoms with van der Waals surface area (Å²) in [6.07, 6.45) is -4.71. The lowest BCUT2D eigenvalue weighted by atomic mass is 10.3. The molecule has 0 saturated heterocycles. The van der Waals surface area contributed by atoms with Gasteiger partial charge in [-0.05, 0) is 29.5 Å². The zero-order chi connectivity index (χ0) is 10.9. The van der Waals surface area contributed by atoms with Crippen molar-refractivity contribution in [2.75, 3.05) is 5.73 Å². The Hall–Kier alpha value is -0.730. The molecule has 0 amide bonds. The van der Waals surface area contributed by atoms with Crippen LogP contribution in [0.15, 0.2) is 6.07 Å². The molecule has 0 bridgehead atoms. The molecule has 2 N–H and O–H groups in total. The number of rotatable bonds is 1. The number of aryl methyl sites for hydroxylation is 1. The van der Waals surface area contributed by atoms with Gasteiger partial charge in [0.1, 0.15) is 11.6 Å². The summed E-state index contributed by atoms with van der Waals surface area (Å²) in [5.41, 5.74) is 5.69. The summed E-state index contributed by atoms with van der Waals surface area (Å²) in [5, 5.41) is 0. The standard InChI is InChI=1S/C7H6F3IN2O/c1-3-6(11)4(2-5(12)13-3)14-7(8,9)10/h2H,1H3,(H2,12,13). The van der Waals surface area contributed by atoms with Gasteiger partial charge in [0.15, 0.2) is 0 Å². The second-order valence-electron chi connectivity index (χ2n) is 2.49. The van der Waals surface area contributed by atoms with Gasteiger partial charge in [0.2, 0.25) is 0 Å². The van der Waals surface area contributed by atoms with Crippen LogP contribution in [-0.4, -0.2) is 11.3 Å². The summed E-state index contributed by atoms with van der Waals surface area (Å²) in [7, 11) is 0. The molecule has 0 aromatic carbocycles. The molecular weight excluding hydrogens is 312 g/mol. The highest BCUT2D eigenvalue weighted by Crippen LogP contribution is 2.30. The second-order valence-corrected chi connectivity index (χ2v) is 3.57. The van der Waals surface area contributed by atoms with Gasteiger partial charge in [-0.3, -0.25) is 0 Å². The monoisotopic (exact) mass is 318 g/mol. The fourth-order valence-electron chi connectivity index (χ4n) is 0.850. The van der Waals surface area contributed by atoms with Gasteiger partial charge in [-0.2, -0.15) is 0 Å². The lowest BCUT2D eigenvalue weighted by Crippen LogP contribution is -2.18. The van der Waals surface area contributed by atoms with E-state index in [4.69, 9.17) is 5.73 Å². The number of hydrogen-bond donors (Lipinski definition) is 1. The molecule has 0 saturated carbocycles. The quantitative estimate of drug-likeness (QED) is 0.809. The van der Waals surface area contributed by atoms with Crippen LogP contribution in [0.4, 0.5) is 19.0 Å². The molecule has 0 spiro atoms. The number of nitrogen functional groups attached to an aromatic ring is 1. The number of ether oxygens (including phenoxy) is 1. The van der Waals surface area contributed by atoms with Crippen LogP contribution >= 0.6 is 22.6 Å². The average molecular weight is 318 g/mol. The number of pyridine rings is 1. The van der Waals surface area contributed by atoms with Gasteiger partial charge in [0, 0.05) is 6.07 Å². The maximum Gasteiger partial charge on any atom is 0.573 e. The molecule has 1 rings (SSSR count). The van der Waals surface area contributed by atoms with Crippen molar-refractivity contribution in [3.05, 3.63) is 15.3 Å². The summed E-state index contributed by atoms with van der Waals surface area (Å²) >= 11 is 1.72. The van der Waals surface area contributed by atoms with Gasteiger partial charge in [0.25, 0.3) is 0 Å². The molecule has 0 radical (unpaired) electrons. The van der Waals surface area contributed by atoms with Gasteiger partial charge in [0.05, 0.1) is 9.26 Å². The Morgan fingerprint density at radius 3 is 2.57 bits per heavy atom. The van der Waals surface area contributed by atoms with Crippen molar-refractivity contribution >= 4 is 28.4 Å². The molecule has 14 heavy (non-hydrogen) atoms. The largest absolute Gasteiger partial charge is 0.573 e. The van der Waals surface area contributed by atoms with Crippen molar-refractivity contribution < 1.29 is 17.9 Å². The van der Waals surface area contributed by atoms with E-state index in [0.29, 0.717) is 9.26 Å². The first kappa shape index (κ1) is 11.3. The van der Waals surface area contributed by atoms with Crippen molar-refractivity contribution in [3.8, 4) is 5.75 Å². The Labute approximate surface area is 91.6 Å². The normalized spacial score (nSPS) is 11.5. The Morgan fingerprint density at radius 1 is 1.50 bits per heavy atom. The number of aromatic nitrogens is 1. The SMILES string of the molecule is Cc1nc(N)cc(OC(F)(F)F)c1I. The van der Waals surface area contributed by atoms with Crippen LogP contribution in [0.3, 0.4) is 0 Å². The van der Waals surface area contributed by atoms with Crippen molar-refractivity contribution in [3.63, 3.8) is 0 Å². The number of nitrogens with two attached hydrogens (primary N) is 1. The minimum atomic E-state index is -4.71. The van der Waals surface area contributed by atoms with E-state index in [1.807, 2.05) is 0 Å². The highest BCUT2D eigenvalue weighted by molar-refractivity contribution is 14.1. The maximum atomic E-state index is 11.9. The molecule has 0 atom stereocenters. The molecule has 78 valence electrons. The van der Waals surface area contributed by atoms with Crippen molar-refractivity contribution in [1.29, 1.82) is 0 Å². The van der Waals surface area contributed by atoms with E-state index in [1.165, 1.54) is 0 Å². The number of hydrogen-bond acceptors (Lipinski definition) is 3. The summed E-state index contributed by atoms with van der Waals surface area (Å²) in [5.74, 6) is -0.315. The lowest BCUT2D eigenvalue weighted by Gasteiger charge is -2.11. The number of alkyl halides is 3. The van der Waals surface area contributed by atoms with Gasteiger partial charge < -0.3 is 10.5 Å². The van der Waals surface area contributed by atoms with E-state index in [0.717, 1.165) is 6.07 Å². The number of nitrogens with zero attached hydrogens (tertiary/aromatic N) is 1. The van der Waals surface area contributed by atoms with Gasteiger partial charge in [-0.1, -0.05) is 0 Å². The van der Waals surface area contributed by atoms with Crippen LogP contribution in [0.5, 0.6) is 5.75 Å². The van der Waals surface area contributed by atoms with Crippen molar-refractivity contribution in [1.82, 2.24) is 4.98 Å². The predicted molar refractivity (Wildman–Crippen MR) is 52.8 cm³/mol. The summed E-state index contributed by atoms with van der Waals surface area (Å²) < 4.78 is 39.8. The third kappa shape index (κ3) is 2.89. The molecule has 3 nitrogen and oxygen atoms in total. The van der Waals surface area contributed by atoms with Gasteiger partial charge >= 0.3 is 6.36 Å². The maximum absolute atomic E-state index is 11.9. The third-order valence-electron chi connectivity index (χ3n) is 1.34. The summed E-state index contributed by atoms with van der Waals surface area (Å²) in [4.78, 5) is 3.79. The summed E-state index contributed by atoms with van der Waals surface area (Å²) in [6, 6.07) is 1.04. The molecule has 0 aliphatic heterocycles. The van der Waals surface area contributed by atoms with E-state index in [9.17, 15) is 13.2 Å². The lowest BCUT2D eigenvalue weighted by molar-refractivity contribution is -0.274. The Morgan fingerprint density at radius 2 is 2.07 bits per heavy atom. The first-order valence-corrected chi connectivity index (χ1v) is 4.56. The molecule has 7 heteroatoms. The molecule has 1 aromatic rings. The van der Waals surface area contributed by atoms with Crippen LogP contribution < -0.4 is 10.5 Å². The van der Waals surface area contributed by atoms with Crippen LogP contribution in [0, 0.1) is 10.5 Å². The minimum Gasteiger partial charge on any atom is -0.404 e. The minimum absolute atomic E-state index is 0.00201. The third-order valence-corrected chi connectivity index (χ3v) is 2.65. The first-order valence-electron chi connectivity index (χ1n) is 3.48. The second kappa shape index (κ2) is 3.79. The van der Waals surface area contributed by atoms with E-state index in [2.05, 4.69) is 9.72 Å². The van der Waals surface area contributed by atoms with Crippen LogP contribution in [-0.2, 0) is 0 Å². The molecular formula is C7H6F3IN2O.